The summed E-state index contributed by atoms with van der Waals surface area (Å²) in [6.45, 7) is 5.83. The van der Waals surface area contributed by atoms with E-state index in [1.165, 1.54) is 11.8 Å². The van der Waals surface area contributed by atoms with Crippen molar-refractivity contribution in [3.8, 4) is 0 Å². The largest absolute Gasteiger partial charge is 0.436 e. The highest BCUT2D eigenvalue weighted by atomic mass is 32.2. The fourth-order valence-corrected chi connectivity index (χ4v) is 2.50. The molecule has 2 rings (SSSR count). The summed E-state index contributed by atoms with van der Waals surface area (Å²) in [4.78, 5) is 8.72. The van der Waals surface area contributed by atoms with E-state index < -0.39 is 0 Å². The van der Waals surface area contributed by atoms with Crippen molar-refractivity contribution >= 4 is 11.8 Å². The van der Waals surface area contributed by atoms with Crippen LogP contribution in [0.2, 0.25) is 0 Å². The van der Waals surface area contributed by atoms with Crippen molar-refractivity contribution in [1.29, 1.82) is 0 Å². The Hall–Kier alpha value is -1.33. The van der Waals surface area contributed by atoms with Crippen molar-refractivity contribution in [3.63, 3.8) is 0 Å². The molecule has 0 amide bonds. The van der Waals surface area contributed by atoms with E-state index in [1.807, 2.05) is 32.9 Å². The summed E-state index contributed by atoms with van der Waals surface area (Å²) in [5.41, 5.74) is 7.89. The Balaban J connectivity index is 2.23. The minimum absolute atomic E-state index is 0.113. The van der Waals surface area contributed by atoms with Crippen LogP contribution >= 0.6 is 11.8 Å². The molecule has 0 aliphatic heterocycles. The lowest BCUT2D eigenvalue weighted by molar-refractivity contribution is 0.431. The monoisotopic (exact) mass is 263 g/mol. The number of hydrogen-bond acceptors (Lipinski definition) is 5. The molecule has 0 aromatic carbocycles. The smallest absolute Gasteiger partial charge is 0.262 e. The van der Waals surface area contributed by atoms with Crippen molar-refractivity contribution in [2.24, 2.45) is 5.73 Å². The number of nitrogens with zero attached hydrogens (tertiary/aromatic N) is 2. The van der Waals surface area contributed by atoms with Gasteiger partial charge in [-0.1, -0.05) is 6.07 Å². The van der Waals surface area contributed by atoms with Crippen molar-refractivity contribution < 1.29 is 4.42 Å². The molecule has 0 spiro atoms. The number of hydrogen-bond donors (Lipinski definition) is 1. The number of oxazole rings is 1. The first-order valence-electron chi connectivity index (χ1n) is 5.87. The minimum Gasteiger partial charge on any atom is -0.436 e. The fraction of sp³-hybridized carbons (Fsp3) is 0.385. The van der Waals surface area contributed by atoms with Gasteiger partial charge in [0.05, 0.1) is 5.69 Å². The second-order valence-electron chi connectivity index (χ2n) is 4.37. The molecule has 18 heavy (non-hydrogen) atoms. The number of aromatic nitrogens is 2. The Kier molecular flexibility index (Phi) is 4.04. The summed E-state index contributed by atoms with van der Waals surface area (Å²) in [7, 11) is 0. The van der Waals surface area contributed by atoms with Crippen LogP contribution in [-0.4, -0.2) is 16.0 Å². The average molecular weight is 263 g/mol. The first kappa shape index (κ1) is 13.1. The maximum Gasteiger partial charge on any atom is 0.262 e. The maximum atomic E-state index is 5.84. The molecule has 1 atom stereocenters. The summed E-state index contributed by atoms with van der Waals surface area (Å²) in [6.07, 6.45) is 2.57. The summed E-state index contributed by atoms with van der Waals surface area (Å²) in [5.74, 6) is 0.849. The summed E-state index contributed by atoms with van der Waals surface area (Å²) in [6, 6.07) is 4.08. The fourth-order valence-electron chi connectivity index (χ4n) is 1.59. The lowest BCUT2D eigenvalue weighted by atomic mass is 10.1. The Labute approximate surface area is 111 Å². The molecule has 96 valence electrons. The molecule has 0 aliphatic carbocycles. The Bertz CT molecular complexity index is 517. The van der Waals surface area contributed by atoms with Crippen LogP contribution in [0.5, 0.6) is 0 Å². The second kappa shape index (κ2) is 5.54. The third-order valence-corrected chi connectivity index (χ3v) is 3.49. The van der Waals surface area contributed by atoms with Crippen LogP contribution < -0.4 is 5.73 Å². The molecule has 2 N–H and O–H groups in total. The van der Waals surface area contributed by atoms with Crippen LogP contribution in [0.4, 0.5) is 0 Å². The third-order valence-electron chi connectivity index (χ3n) is 2.58. The Morgan fingerprint density at radius 1 is 1.44 bits per heavy atom. The SMILES string of the molecule is Cc1nc(Sc2ncccc2CC(C)N)oc1C. The van der Waals surface area contributed by atoms with E-state index in [-0.39, 0.29) is 6.04 Å². The highest BCUT2D eigenvalue weighted by Crippen LogP contribution is 2.29. The van der Waals surface area contributed by atoms with E-state index in [2.05, 4.69) is 9.97 Å². The molecule has 0 fully saturated rings. The molecule has 0 saturated carbocycles. The molecule has 5 heteroatoms. The third kappa shape index (κ3) is 3.11. The van der Waals surface area contributed by atoms with Crippen LogP contribution in [0.1, 0.15) is 23.9 Å². The van der Waals surface area contributed by atoms with Gasteiger partial charge in [0, 0.05) is 12.2 Å². The zero-order chi connectivity index (χ0) is 13.1. The van der Waals surface area contributed by atoms with Gasteiger partial charge in [0.2, 0.25) is 0 Å². The normalized spacial score (nSPS) is 12.7. The van der Waals surface area contributed by atoms with Gasteiger partial charge in [0.15, 0.2) is 0 Å². The number of nitrogens with two attached hydrogens (primary N) is 1. The predicted octanol–water partition coefficient (Wildman–Crippen LogP) is 2.73. The molecular weight excluding hydrogens is 246 g/mol. The van der Waals surface area contributed by atoms with Crippen molar-refractivity contribution in [2.75, 3.05) is 0 Å². The van der Waals surface area contributed by atoms with Gasteiger partial charge in [-0.2, -0.15) is 0 Å². The van der Waals surface area contributed by atoms with Gasteiger partial charge in [-0.15, -0.1) is 0 Å². The van der Waals surface area contributed by atoms with Crippen LogP contribution in [0.3, 0.4) is 0 Å². The number of pyridine rings is 1. The van der Waals surface area contributed by atoms with E-state index in [4.69, 9.17) is 10.2 Å². The zero-order valence-corrected chi connectivity index (χ0v) is 11.6. The van der Waals surface area contributed by atoms with Gasteiger partial charge in [0.1, 0.15) is 10.8 Å². The minimum atomic E-state index is 0.113. The summed E-state index contributed by atoms with van der Waals surface area (Å²) in [5, 5.41) is 1.55. The predicted molar refractivity (Wildman–Crippen MR) is 71.7 cm³/mol. The van der Waals surface area contributed by atoms with Crippen molar-refractivity contribution in [3.05, 3.63) is 35.3 Å². The quantitative estimate of drug-likeness (QED) is 0.918. The van der Waals surface area contributed by atoms with E-state index in [0.29, 0.717) is 5.22 Å². The molecule has 4 nitrogen and oxygen atoms in total. The standard InChI is InChI=1S/C13H17N3OS/c1-8(14)7-11-5-4-6-15-12(11)18-13-16-9(2)10(3)17-13/h4-6,8H,7,14H2,1-3H3. The molecule has 0 bridgehead atoms. The molecule has 2 aromatic heterocycles. The van der Waals surface area contributed by atoms with Crippen LogP contribution in [0.25, 0.3) is 0 Å². The van der Waals surface area contributed by atoms with Crippen molar-refractivity contribution in [2.45, 2.75) is 43.5 Å². The van der Waals surface area contributed by atoms with Gasteiger partial charge < -0.3 is 10.2 Å². The molecular formula is C13H17N3OS. The van der Waals surface area contributed by atoms with E-state index >= 15 is 0 Å². The summed E-state index contributed by atoms with van der Waals surface area (Å²) >= 11 is 1.45. The average Bonchev–Trinajstić information content (AvgIpc) is 2.60. The van der Waals surface area contributed by atoms with E-state index in [9.17, 15) is 0 Å². The molecule has 0 aliphatic rings. The Morgan fingerprint density at radius 3 is 2.83 bits per heavy atom. The molecule has 0 radical (unpaired) electrons. The Morgan fingerprint density at radius 2 is 2.22 bits per heavy atom. The zero-order valence-electron chi connectivity index (χ0n) is 10.8. The highest BCUT2D eigenvalue weighted by molar-refractivity contribution is 7.99. The lowest BCUT2D eigenvalue weighted by Crippen LogP contribution is -2.18. The number of rotatable bonds is 4. The van der Waals surface area contributed by atoms with Crippen LogP contribution in [0.15, 0.2) is 33.0 Å². The lowest BCUT2D eigenvalue weighted by Gasteiger charge is -2.08. The van der Waals surface area contributed by atoms with Crippen LogP contribution in [0, 0.1) is 13.8 Å². The first-order chi connectivity index (χ1) is 8.56. The second-order valence-corrected chi connectivity index (χ2v) is 5.31. The van der Waals surface area contributed by atoms with Crippen LogP contribution in [-0.2, 0) is 6.42 Å². The molecule has 0 saturated heterocycles. The summed E-state index contributed by atoms with van der Waals surface area (Å²) < 4.78 is 5.56. The van der Waals surface area contributed by atoms with E-state index in [0.717, 1.165) is 28.5 Å². The molecule has 1 unspecified atom stereocenters. The van der Waals surface area contributed by atoms with Crippen molar-refractivity contribution in [1.82, 2.24) is 9.97 Å². The van der Waals surface area contributed by atoms with Gasteiger partial charge >= 0.3 is 0 Å². The molecule has 2 aromatic rings. The number of aryl methyl sites for hydroxylation is 2. The highest BCUT2D eigenvalue weighted by Gasteiger charge is 2.12. The van der Waals surface area contributed by atoms with Gasteiger partial charge in [-0.05, 0) is 50.6 Å². The maximum absolute atomic E-state index is 5.84. The first-order valence-corrected chi connectivity index (χ1v) is 6.69. The van der Waals surface area contributed by atoms with Gasteiger partial charge in [-0.25, -0.2) is 9.97 Å². The van der Waals surface area contributed by atoms with E-state index in [1.54, 1.807) is 6.20 Å². The van der Waals surface area contributed by atoms with Gasteiger partial charge in [-0.3, -0.25) is 0 Å². The van der Waals surface area contributed by atoms with Gasteiger partial charge in [0.25, 0.3) is 5.22 Å². The molecule has 2 heterocycles. The topological polar surface area (TPSA) is 64.9 Å².